The fourth-order valence-corrected chi connectivity index (χ4v) is 2.73. The van der Waals surface area contributed by atoms with Crippen LogP contribution in [0.2, 0.25) is 0 Å². The fourth-order valence-electron chi connectivity index (χ4n) is 2.73. The topological polar surface area (TPSA) is 72.6 Å². The van der Waals surface area contributed by atoms with Crippen LogP contribution in [0.1, 0.15) is 22.8 Å². The molecule has 0 fully saturated rings. The van der Waals surface area contributed by atoms with Crippen molar-refractivity contribution in [1.82, 2.24) is 0 Å². The number of nitrogen functional groups attached to an aromatic ring is 1. The number of rotatable bonds is 3. The Bertz CT molecular complexity index is 757. The molecule has 5 nitrogen and oxygen atoms in total. The molecule has 3 rings (SSSR count). The molecular weight excluding hydrogens is 292 g/mol. The molecule has 1 unspecified atom stereocenters. The van der Waals surface area contributed by atoms with Crippen LogP contribution in [0.3, 0.4) is 0 Å². The molecule has 0 aliphatic carbocycles. The van der Waals surface area contributed by atoms with Gasteiger partial charge in [-0.15, -0.1) is 0 Å². The molecule has 0 saturated carbocycles. The van der Waals surface area contributed by atoms with Gasteiger partial charge in [0.2, 0.25) is 0 Å². The Morgan fingerprint density at radius 3 is 2.74 bits per heavy atom. The normalized spacial score (nSPS) is 14.2. The quantitative estimate of drug-likeness (QED) is 0.698. The van der Waals surface area contributed by atoms with Crippen LogP contribution in [-0.2, 0) is 16.0 Å². The van der Waals surface area contributed by atoms with Crippen LogP contribution in [0.4, 0.5) is 11.4 Å². The molecule has 23 heavy (non-hydrogen) atoms. The zero-order chi connectivity index (χ0) is 16.4. The first-order valence-electron chi connectivity index (χ1n) is 7.52. The molecule has 2 aromatic rings. The number of esters is 1. The standard InChI is InChI=1S/C18H18N2O3/c1-12(23-18(22)14-6-4-7-15(19)11-14)17(21)20-10-9-13-5-2-3-8-16(13)20/h2-8,11-12H,9-10,19H2,1H3. The van der Waals surface area contributed by atoms with E-state index < -0.39 is 12.1 Å². The lowest BCUT2D eigenvalue weighted by Crippen LogP contribution is -2.39. The zero-order valence-electron chi connectivity index (χ0n) is 12.9. The lowest BCUT2D eigenvalue weighted by Gasteiger charge is -2.21. The number of para-hydroxylation sites is 1. The number of ether oxygens (including phenoxy) is 1. The molecule has 1 aliphatic rings. The molecule has 5 heteroatoms. The third kappa shape index (κ3) is 3.04. The van der Waals surface area contributed by atoms with Crippen LogP contribution >= 0.6 is 0 Å². The molecule has 2 N–H and O–H groups in total. The summed E-state index contributed by atoms with van der Waals surface area (Å²) in [5.74, 6) is -0.766. The summed E-state index contributed by atoms with van der Waals surface area (Å²) >= 11 is 0. The maximum absolute atomic E-state index is 12.6. The number of nitrogens with two attached hydrogens (primary N) is 1. The van der Waals surface area contributed by atoms with Crippen molar-refractivity contribution in [3.8, 4) is 0 Å². The Balaban J connectivity index is 1.70. The SMILES string of the molecule is CC(OC(=O)c1cccc(N)c1)C(=O)N1CCc2ccccc21. The number of carbonyl (C=O) groups excluding carboxylic acids is 2. The lowest BCUT2D eigenvalue weighted by molar-refractivity contribution is -0.126. The summed E-state index contributed by atoms with van der Waals surface area (Å²) in [6, 6.07) is 14.3. The number of hydrogen-bond donors (Lipinski definition) is 1. The molecule has 1 aliphatic heterocycles. The van der Waals surface area contributed by atoms with Crippen LogP contribution < -0.4 is 10.6 Å². The molecule has 1 heterocycles. The van der Waals surface area contributed by atoms with Gasteiger partial charge in [0.25, 0.3) is 5.91 Å². The second-order valence-electron chi connectivity index (χ2n) is 5.54. The summed E-state index contributed by atoms with van der Waals surface area (Å²) in [7, 11) is 0. The van der Waals surface area contributed by atoms with E-state index >= 15 is 0 Å². The minimum Gasteiger partial charge on any atom is -0.449 e. The van der Waals surface area contributed by atoms with E-state index in [1.165, 1.54) is 6.07 Å². The number of benzene rings is 2. The number of anilines is 2. The molecule has 2 aromatic carbocycles. The summed E-state index contributed by atoms with van der Waals surface area (Å²) in [4.78, 5) is 26.4. The van der Waals surface area contributed by atoms with Crippen LogP contribution in [0, 0.1) is 0 Å². The molecule has 0 saturated heterocycles. The minimum absolute atomic E-state index is 0.216. The van der Waals surface area contributed by atoms with E-state index in [0.717, 1.165) is 17.7 Å². The summed E-state index contributed by atoms with van der Waals surface area (Å²) in [5.41, 5.74) is 8.50. The van der Waals surface area contributed by atoms with Gasteiger partial charge in [0, 0.05) is 17.9 Å². The van der Waals surface area contributed by atoms with Crippen molar-refractivity contribution in [3.05, 3.63) is 59.7 Å². The van der Waals surface area contributed by atoms with E-state index in [-0.39, 0.29) is 5.91 Å². The fraction of sp³-hybridized carbons (Fsp3) is 0.222. The maximum Gasteiger partial charge on any atom is 0.338 e. The second-order valence-corrected chi connectivity index (χ2v) is 5.54. The summed E-state index contributed by atoms with van der Waals surface area (Å²) in [6.45, 7) is 2.20. The van der Waals surface area contributed by atoms with Crippen molar-refractivity contribution < 1.29 is 14.3 Å². The predicted octanol–water partition coefficient (Wildman–Crippen LogP) is 2.40. The highest BCUT2D eigenvalue weighted by Gasteiger charge is 2.29. The average Bonchev–Trinajstić information content (AvgIpc) is 2.98. The van der Waals surface area contributed by atoms with E-state index in [4.69, 9.17) is 10.5 Å². The van der Waals surface area contributed by atoms with Gasteiger partial charge in [-0.05, 0) is 43.2 Å². The first-order chi connectivity index (χ1) is 11.1. The van der Waals surface area contributed by atoms with Gasteiger partial charge in [-0.2, -0.15) is 0 Å². The highest BCUT2D eigenvalue weighted by molar-refractivity contribution is 6.00. The van der Waals surface area contributed by atoms with Gasteiger partial charge in [-0.3, -0.25) is 4.79 Å². The van der Waals surface area contributed by atoms with E-state index in [1.807, 2.05) is 24.3 Å². The van der Waals surface area contributed by atoms with Crippen molar-refractivity contribution in [2.45, 2.75) is 19.4 Å². The Labute approximate surface area is 134 Å². The Morgan fingerprint density at radius 1 is 1.17 bits per heavy atom. The lowest BCUT2D eigenvalue weighted by atomic mass is 10.2. The highest BCUT2D eigenvalue weighted by atomic mass is 16.5. The Morgan fingerprint density at radius 2 is 1.96 bits per heavy atom. The second kappa shape index (κ2) is 6.12. The largest absolute Gasteiger partial charge is 0.449 e. The third-order valence-electron chi connectivity index (χ3n) is 3.91. The van der Waals surface area contributed by atoms with Crippen LogP contribution in [0.15, 0.2) is 48.5 Å². The van der Waals surface area contributed by atoms with Crippen molar-refractivity contribution in [2.24, 2.45) is 0 Å². The van der Waals surface area contributed by atoms with Gasteiger partial charge >= 0.3 is 5.97 Å². The van der Waals surface area contributed by atoms with Crippen LogP contribution in [0.25, 0.3) is 0 Å². The highest BCUT2D eigenvalue weighted by Crippen LogP contribution is 2.28. The van der Waals surface area contributed by atoms with Crippen molar-refractivity contribution >= 4 is 23.3 Å². The van der Waals surface area contributed by atoms with Crippen LogP contribution in [-0.4, -0.2) is 24.5 Å². The number of fused-ring (bicyclic) bond motifs is 1. The molecule has 0 aromatic heterocycles. The van der Waals surface area contributed by atoms with E-state index in [2.05, 4.69) is 0 Å². The van der Waals surface area contributed by atoms with Crippen molar-refractivity contribution in [2.75, 3.05) is 17.2 Å². The molecule has 0 bridgehead atoms. The molecule has 1 amide bonds. The summed E-state index contributed by atoms with van der Waals surface area (Å²) in [5, 5.41) is 0. The molecule has 1 atom stereocenters. The molecule has 118 valence electrons. The number of nitrogens with zero attached hydrogens (tertiary/aromatic N) is 1. The average molecular weight is 310 g/mol. The van der Waals surface area contributed by atoms with Gasteiger partial charge in [0.05, 0.1) is 5.56 Å². The number of carbonyl (C=O) groups is 2. The minimum atomic E-state index is -0.852. The van der Waals surface area contributed by atoms with Crippen molar-refractivity contribution in [3.63, 3.8) is 0 Å². The third-order valence-corrected chi connectivity index (χ3v) is 3.91. The monoisotopic (exact) mass is 310 g/mol. The summed E-state index contributed by atoms with van der Waals surface area (Å²) in [6.07, 6.45) is -0.0345. The number of hydrogen-bond acceptors (Lipinski definition) is 4. The van der Waals surface area contributed by atoms with Gasteiger partial charge in [-0.1, -0.05) is 24.3 Å². The smallest absolute Gasteiger partial charge is 0.338 e. The van der Waals surface area contributed by atoms with Gasteiger partial charge < -0.3 is 15.4 Å². The first kappa shape index (κ1) is 15.1. The van der Waals surface area contributed by atoms with Crippen molar-refractivity contribution in [1.29, 1.82) is 0 Å². The predicted molar refractivity (Wildman–Crippen MR) is 88.2 cm³/mol. The molecular formula is C18H18N2O3. The van der Waals surface area contributed by atoms with Gasteiger partial charge in [0.1, 0.15) is 0 Å². The van der Waals surface area contributed by atoms with E-state index in [1.54, 1.807) is 30.0 Å². The van der Waals surface area contributed by atoms with Gasteiger partial charge in [-0.25, -0.2) is 4.79 Å². The van der Waals surface area contributed by atoms with E-state index in [9.17, 15) is 9.59 Å². The van der Waals surface area contributed by atoms with E-state index in [0.29, 0.717) is 17.8 Å². The Kier molecular flexibility index (Phi) is 4.02. The zero-order valence-corrected chi connectivity index (χ0v) is 12.9. The van der Waals surface area contributed by atoms with Crippen LogP contribution in [0.5, 0.6) is 0 Å². The summed E-state index contributed by atoms with van der Waals surface area (Å²) < 4.78 is 5.29. The molecule has 0 radical (unpaired) electrons. The van der Waals surface area contributed by atoms with Gasteiger partial charge in [0.15, 0.2) is 6.10 Å². The first-order valence-corrected chi connectivity index (χ1v) is 7.52. The number of amides is 1. The maximum atomic E-state index is 12.6. The molecule has 0 spiro atoms. The Hall–Kier alpha value is -2.82.